The second kappa shape index (κ2) is 5.44. The van der Waals surface area contributed by atoms with E-state index in [1.54, 1.807) is 7.11 Å². The van der Waals surface area contributed by atoms with Gasteiger partial charge in [0.05, 0.1) is 7.11 Å². The minimum Gasteiger partial charge on any atom is -0.497 e. The van der Waals surface area contributed by atoms with Crippen molar-refractivity contribution in [3.63, 3.8) is 0 Å². The number of nitrogens with one attached hydrogen (secondary N) is 1. The third kappa shape index (κ3) is 2.36. The number of fused-ring (bicyclic) bond motifs is 1. The molecule has 2 aromatic rings. The van der Waals surface area contributed by atoms with Crippen LogP contribution >= 0.6 is 0 Å². The Morgan fingerprint density at radius 1 is 1.39 bits per heavy atom. The highest BCUT2D eigenvalue weighted by molar-refractivity contribution is 5.85. The van der Waals surface area contributed by atoms with Gasteiger partial charge in [-0.15, -0.1) is 0 Å². The lowest BCUT2D eigenvalue weighted by Crippen LogP contribution is -2.23. The molecule has 0 aliphatic heterocycles. The maximum absolute atomic E-state index is 5.33. The van der Waals surface area contributed by atoms with Crippen molar-refractivity contribution in [2.75, 3.05) is 14.2 Å². The molecule has 0 radical (unpaired) electrons. The molecule has 1 atom stereocenters. The first kappa shape index (κ1) is 13.0. The average Bonchev–Trinajstić information content (AvgIpc) is 2.75. The van der Waals surface area contributed by atoms with Gasteiger partial charge in [-0.05, 0) is 51.1 Å². The summed E-state index contributed by atoms with van der Waals surface area (Å²) in [5.74, 6) is 0.926. The van der Waals surface area contributed by atoms with E-state index >= 15 is 0 Å². The van der Waals surface area contributed by atoms with Crippen LogP contribution in [0.3, 0.4) is 0 Å². The molecule has 98 valence electrons. The molecule has 0 saturated carbocycles. The number of ether oxygens (including phenoxy) is 1. The summed E-state index contributed by atoms with van der Waals surface area (Å²) < 4.78 is 7.62. The second-order valence-electron chi connectivity index (χ2n) is 4.72. The third-order valence-electron chi connectivity index (χ3n) is 3.53. The fourth-order valence-electron chi connectivity index (χ4n) is 2.33. The van der Waals surface area contributed by atoms with Crippen LogP contribution in [-0.4, -0.2) is 24.8 Å². The standard InChI is InChI=1S/C15H22N2O/c1-5-17-10-12(8-11(2)16-3)14-9-13(18-4)6-7-15(14)17/h6-7,9-11,16H,5,8H2,1-4H3. The molecule has 1 heterocycles. The predicted octanol–water partition coefficient (Wildman–Crippen LogP) is 2.82. The van der Waals surface area contributed by atoms with Crippen molar-refractivity contribution in [2.45, 2.75) is 32.9 Å². The van der Waals surface area contributed by atoms with Crippen molar-refractivity contribution in [3.05, 3.63) is 30.0 Å². The number of methoxy groups -OCH3 is 1. The number of rotatable bonds is 5. The SMILES string of the molecule is CCn1cc(CC(C)NC)c2cc(OC)ccc21. The highest BCUT2D eigenvalue weighted by atomic mass is 16.5. The van der Waals surface area contributed by atoms with Crippen LogP contribution in [0.4, 0.5) is 0 Å². The maximum atomic E-state index is 5.33. The number of aromatic nitrogens is 1. The van der Waals surface area contributed by atoms with Crippen LogP contribution in [-0.2, 0) is 13.0 Å². The van der Waals surface area contributed by atoms with Crippen molar-refractivity contribution in [3.8, 4) is 5.75 Å². The summed E-state index contributed by atoms with van der Waals surface area (Å²) in [4.78, 5) is 0. The molecule has 1 unspecified atom stereocenters. The van der Waals surface area contributed by atoms with Gasteiger partial charge in [0.2, 0.25) is 0 Å². The monoisotopic (exact) mass is 246 g/mol. The van der Waals surface area contributed by atoms with E-state index in [9.17, 15) is 0 Å². The van der Waals surface area contributed by atoms with E-state index in [-0.39, 0.29) is 0 Å². The zero-order valence-electron chi connectivity index (χ0n) is 11.7. The van der Waals surface area contributed by atoms with Crippen LogP contribution in [0, 0.1) is 0 Å². The average molecular weight is 246 g/mol. The molecule has 0 fully saturated rings. The Kier molecular flexibility index (Phi) is 3.92. The molecule has 1 N–H and O–H groups in total. The summed E-state index contributed by atoms with van der Waals surface area (Å²) in [6, 6.07) is 6.79. The van der Waals surface area contributed by atoms with E-state index in [2.05, 4.69) is 42.1 Å². The normalized spacial score (nSPS) is 12.9. The van der Waals surface area contributed by atoms with Gasteiger partial charge in [-0.3, -0.25) is 0 Å². The minimum absolute atomic E-state index is 0.479. The van der Waals surface area contributed by atoms with E-state index in [4.69, 9.17) is 4.74 Å². The number of benzene rings is 1. The van der Waals surface area contributed by atoms with Gasteiger partial charge in [0.15, 0.2) is 0 Å². The number of aryl methyl sites for hydroxylation is 1. The van der Waals surface area contributed by atoms with Gasteiger partial charge in [0.1, 0.15) is 5.75 Å². The Bertz CT molecular complexity index is 531. The summed E-state index contributed by atoms with van der Waals surface area (Å²) in [6.07, 6.45) is 3.30. The van der Waals surface area contributed by atoms with Gasteiger partial charge in [-0.25, -0.2) is 0 Å². The smallest absolute Gasteiger partial charge is 0.119 e. The first-order valence-electron chi connectivity index (χ1n) is 6.52. The highest BCUT2D eigenvalue weighted by Crippen LogP contribution is 2.26. The first-order chi connectivity index (χ1) is 8.69. The Labute approximate surface area is 109 Å². The Hall–Kier alpha value is -1.48. The van der Waals surface area contributed by atoms with Crippen LogP contribution in [0.15, 0.2) is 24.4 Å². The van der Waals surface area contributed by atoms with Gasteiger partial charge >= 0.3 is 0 Å². The lowest BCUT2D eigenvalue weighted by Gasteiger charge is -2.08. The topological polar surface area (TPSA) is 26.2 Å². The number of likely N-dealkylation sites (N-methyl/N-ethyl adjacent to an activating group) is 1. The Balaban J connectivity index is 2.50. The predicted molar refractivity (Wildman–Crippen MR) is 76.4 cm³/mol. The largest absolute Gasteiger partial charge is 0.497 e. The molecule has 3 heteroatoms. The molecule has 18 heavy (non-hydrogen) atoms. The van der Waals surface area contributed by atoms with E-state index in [0.29, 0.717) is 6.04 Å². The Morgan fingerprint density at radius 2 is 2.17 bits per heavy atom. The number of nitrogens with zero attached hydrogens (tertiary/aromatic N) is 1. The molecule has 0 bridgehead atoms. The molecule has 0 aliphatic carbocycles. The second-order valence-corrected chi connectivity index (χ2v) is 4.72. The Morgan fingerprint density at radius 3 is 2.78 bits per heavy atom. The molecule has 3 nitrogen and oxygen atoms in total. The van der Waals surface area contributed by atoms with Gasteiger partial charge < -0.3 is 14.6 Å². The molecule has 0 spiro atoms. The zero-order chi connectivity index (χ0) is 13.1. The highest BCUT2D eigenvalue weighted by Gasteiger charge is 2.11. The van der Waals surface area contributed by atoms with E-state index in [1.807, 2.05) is 13.1 Å². The quantitative estimate of drug-likeness (QED) is 0.878. The number of hydrogen-bond acceptors (Lipinski definition) is 2. The number of hydrogen-bond donors (Lipinski definition) is 1. The zero-order valence-corrected chi connectivity index (χ0v) is 11.7. The molecular weight excluding hydrogens is 224 g/mol. The lowest BCUT2D eigenvalue weighted by molar-refractivity contribution is 0.415. The third-order valence-corrected chi connectivity index (χ3v) is 3.53. The van der Waals surface area contributed by atoms with Crippen molar-refractivity contribution in [1.82, 2.24) is 9.88 Å². The molecular formula is C15H22N2O. The van der Waals surface area contributed by atoms with Crippen molar-refractivity contribution in [1.29, 1.82) is 0 Å². The summed E-state index contributed by atoms with van der Waals surface area (Å²) >= 11 is 0. The van der Waals surface area contributed by atoms with Gasteiger partial charge in [-0.2, -0.15) is 0 Å². The molecule has 0 aliphatic rings. The van der Waals surface area contributed by atoms with Crippen LogP contribution < -0.4 is 10.1 Å². The summed E-state index contributed by atoms with van der Waals surface area (Å²) in [7, 11) is 3.72. The fraction of sp³-hybridized carbons (Fsp3) is 0.467. The summed E-state index contributed by atoms with van der Waals surface area (Å²) in [5.41, 5.74) is 2.67. The molecule has 0 saturated heterocycles. The summed E-state index contributed by atoms with van der Waals surface area (Å²) in [6.45, 7) is 5.38. The van der Waals surface area contributed by atoms with E-state index in [1.165, 1.54) is 16.5 Å². The molecule has 2 rings (SSSR count). The van der Waals surface area contributed by atoms with Gasteiger partial charge in [0.25, 0.3) is 0 Å². The fourth-order valence-corrected chi connectivity index (χ4v) is 2.33. The minimum atomic E-state index is 0.479. The van der Waals surface area contributed by atoms with E-state index < -0.39 is 0 Å². The van der Waals surface area contributed by atoms with Crippen molar-refractivity contribution < 1.29 is 4.74 Å². The summed E-state index contributed by atoms with van der Waals surface area (Å²) in [5, 5.41) is 4.60. The lowest BCUT2D eigenvalue weighted by atomic mass is 10.1. The van der Waals surface area contributed by atoms with Crippen LogP contribution in [0.25, 0.3) is 10.9 Å². The molecule has 1 aromatic carbocycles. The van der Waals surface area contributed by atoms with Crippen LogP contribution in [0.1, 0.15) is 19.4 Å². The molecule has 1 aromatic heterocycles. The molecule has 0 amide bonds. The van der Waals surface area contributed by atoms with Gasteiger partial charge in [-0.1, -0.05) is 0 Å². The van der Waals surface area contributed by atoms with Gasteiger partial charge in [0, 0.05) is 29.7 Å². The first-order valence-corrected chi connectivity index (χ1v) is 6.52. The maximum Gasteiger partial charge on any atom is 0.119 e. The van der Waals surface area contributed by atoms with E-state index in [0.717, 1.165) is 18.7 Å². The van der Waals surface area contributed by atoms with Crippen LogP contribution in [0.2, 0.25) is 0 Å². The van der Waals surface area contributed by atoms with Crippen molar-refractivity contribution in [2.24, 2.45) is 0 Å². The van der Waals surface area contributed by atoms with Crippen molar-refractivity contribution >= 4 is 10.9 Å². The van der Waals surface area contributed by atoms with Crippen LogP contribution in [0.5, 0.6) is 5.75 Å².